The number of thioether (sulfide) groups is 1. The molecule has 0 spiro atoms. The predicted octanol–water partition coefficient (Wildman–Crippen LogP) is 1.34. The first-order valence-electron chi connectivity index (χ1n) is 8.52. The molecule has 1 amide bonds. The standard InChI is InChI=1S/C17H23FN2O5S2/c1-25-17(22)13-26-12-7-16(21)19-8-2-9-20(11-10-19)27(23,24)15-5-3-14(18)4-6-15/h3-6H,2,7-13H2,1H3. The minimum atomic E-state index is -3.71. The van der Waals surface area contributed by atoms with Crippen LogP contribution >= 0.6 is 11.8 Å². The molecule has 27 heavy (non-hydrogen) atoms. The average Bonchev–Trinajstić information content (AvgIpc) is 2.92. The van der Waals surface area contributed by atoms with Gasteiger partial charge in [-0.15, -0.1) is 11.8 Å². The van der Waals surface area contributed by atoms with Gasteiger partial charge in [-0.25, -0.2) is 12.8 Å². The summed E-state index contributed by atoms with van der Waals surface area (Å²) in [5.41, 5.74) is 0. The number of hydrogen-bond acceptors (Lipinski definition) is 6. The van der Waals surface area contributed by atoms with Gasteiger partial charge in [0.05, 0.1) is 17.8 Å². The van der Waals surface area contributed by atoms with Crippen LogP contribution in [-0.4, -0.2) is 74.3 Å². The molecule has 0 aliphatic carbocycles. The Balaban J connectivity index is 1.88. The quantitative estimate of drug-likeness (QED) is 0.491. The average molecular weight is 419 g/mol. The van der Waals surface area contributed by atoms with Crippen molar-refractivity contribution in [3.8, 4) is 0 Å². The van der Waals surface area contributed by atoms with E-state index < -0.39 is 15.8 Å². The molecule has 7 nitrogen and oxygen atoms in total. The molecule has 1 aromatic carbocycles. The molecule has 0 bridgehead atoms. The van der Waals surface area contributed by atoms with Gasteiger partial charge in [0.25, 0.3) is 0 Å². The third-order valence-corrected chi connectivity index (χ3v) is 7.01. The van der Waals surface area contributed by atoms with Gasteiger partial charge in [-0.05, 0) is 30.7 Å². The van der Waals surface area contributed by atoms with E-state index in [0.717, 1.165) is 12.1 Å². The summed E-state index contributed by atoms with van der Waals surface area (Å²) in [7, 11) is -2.39. The topological polar surface area (TPSA) is 84.0 Å². The van der Waals surface area contributed by atoms with E-state index >= 15 is 0 Å². The zero-order valence-corrected chi connectivity index (χ0v) is 16.7. The molecule has 1 fully saturated rings. The Morgan fingerprint density at radius 2 is 1.85 bits per heavy atom. The molecular formula is C17H23FN2O5S2. The van der Waals surface area contributed by atoms with Crippen LogP contribution in [0, 0.1) is 5.82 Å². The van der Waals surface area contributed by atoms with Gasteiger partial charge < -0.3 is 9.64 Å². The Kier molecular flexibility index (Phi) is 8.06. The van der Waals surface area contributed by atoms with Crippen molar-refractivity contribution in [1.29, 1.82) is 0 Å². The number of esters is 1. The highest BCUT2D eigenvalue weighted by molar-refractivity contribution is 7.99. The lowest BCUT2D eigenvalue weighted by atomic mass is 10.3. The molecule has 0 atom stereocenters. The number of hydrogen-bond donors (Lipinski definition) is 0. The number of amides is 1. The third-order valence-electron chi connectivity index (χ3n) is 4.17. The molecule has 1 aromatic rings. The van der Waals surface area contributed by atoms with Crippen LogP contribution in [0.2, 0.25) is 0 Å². The molecule has 2 rings (SSSR count). The van der Waals surface area contributed by atoms with Crippen molar-refractivity contribution >= 4 is 33.7 Å². The SMILES string of the molecule is COC(=O)CSCCC(=O)N1CCCN(S(=O)(=O)c2ccc(F)cc2)CC1. The first-order valence-corrected chi connectivity index (χ1v) is 11.1. The molecule has 1 heterocycles. The van der Waals surface area contributed by atoms with Gasteiger partial charge in [-0.3, -0.25) is 9.59 Å². The Labute approximate surface area is 162 Å². The van der Waals surface area contributed by atoms with Crippen LogP contribution in [0.1, 0.15) is 12.8 Å². The highest BCUT2D eigenvalue weighted by Crippen LogP contribution is 2.18. The second kappa shape index (κ2) is 10.0. The number of rotatable bonds is 7. The lowest BCUT2D eigenvalue weighted by molar-refractivity contribution is -0.137. The van der Waals surface area contributed by atoms with Crippen molar-refractivity contribution < 1.29 is 27.1 Å². The molecule has 1 aliphatic heterocycles. The van der Waals surface area contributed by atoms with Crippen molar-refractivity contribution in [1.82, 2.24) is 9.21 Å². The van der Waals surface area contributed by atoms with E-state index in [1.54, 1.807) is 4.90 Å². The van der Waals surface area contributed by atoms with Gasteiger partial charge in [-0.2, -0.15) is 4.31 Å². The van der Waals surface area contributed by atoms with E-state index in [0.29, 0.717) is 31.8 Å². The summed E-state index contributed by atoms with van der Waals surface area (Å²) in [6, 6.07) is 4.73. The van der Waals surface area contributed by atoms with Gasteiger partial charge in [0, 0.05) is 38.4 Å². The largest absolute Gasteiger partial charge is 0.468 e. The Bertz CT molecular complexity index is 755. The van der Waals surface area contributed by atoms with Crippen molar-refractivity contribution in [2.24, 2.45) is 0 Å². The Hall–Kier alpha value is -1.65. The fourth-order valence-electron chi connectivity index (χ4n) is 2.67. The molecule has 0 unspecified atom stereocenters. The summed E-state index contributed by atoms with van der Waals surface area (Å²) < 4.78 is 44.3. The van der Waals surface area contributed by atoms with Crippen LogP contribution in [0.5, 0.6) is 0 Å². The second-order valence-electron chi connectivity index (χ2n) is 5.97. The molecular weight excluding hydrogens is 395 g/mol. The lowest BCUT2D eigenvalue weighted by Gasteiger charge is -2.22. The van der Waals surface area contributed by atoms with Gasteiger partial charge in [-0.1, -0.05) is 0 Å². The van der Waals surface area contributed by atoms with Crippen LogP contribution in [0.15, 0.2) is 29.2 Å². The summed E-state index contributed by atoms with van der Waals surface area (Å²) in [5.74, 6) is -0.181. The molecule has 150 valence electrons. The lowest BCUT2D eigenvalue weighted by Crippen LogP contribution is -2.37. The molecule has 10 heteroatoms. The number of carbonyl (C=O) groups excluding carboxylic acids is 2. The number of nitrogens with zero attached hydrogens (tertiary/aromatic N) is 2. The van der Waals surface area contributed by atoms with Crippen molar-refractivity contribution in [3.63, 3.8) is 0 Å². The van der Waals surface area contributed by atoms with Crippen LogP contribution < -0.4 is 0 Å². The highest BCUT2D eigenvalue weighted by Gasteiger charge is 2.28. The fourth-order valence-corrected chi connectivity index (χ4v) is 4.89. The number of halogens is 1. The summed E-state index contributed by atoms with van der Waals surface area (Å²) in [5, 5.41) is 0. The maximum absolute atomic E-state index is 13.0. The Morgan fingerprint density at radius 3 is 2.52 bits per heavy atom. The van der Waals surface area contributed by atoms with Gasteiger partial charge in [0.2, 0.25) is 15.9 Å². The van der Waals surface area contributed by atoms with Crippen LogP contribution in [0.4, 0.5) is 4.39 Å². The van der Waals surface area contributed by atoms with Gasteiger partial charge >= 0.3 is 5.97 Å². The normalized spacial score (nSPS) is 16.0. The van der Waals surface area contributed by atoms with E-state index in [9.17, 15) is 22.4 Å². The van der Waals surface area contributed by atoms with Crippen LogP contribution in [0.3, 0.4) is 0 Å². The minimum Gasteiger partial charge on any atom is -0.468 e. The third kappa shape index (κ3) is 6.18. The van der Waals surface area contributed by atoms with Gasteiger partial charge in [0.1, 0.15) is 5.82 Å². The maximum Gasteiger partial charge on any atom is 0.315 e. The number of ether oxygens (including phenoxy) is 1. The number of carbonyl (C=O) groups is 2. The van der Waals surface area contributed by atoms with Crippen LogP contribution in [0.25, 0.3) is 0 Å². The zero-order valence-electron chi connectivity index (χ0n) is 15.1. The monoisotopic (exact) mass is 418 g/mol. The van der Waals surface area contributed by atoms with Crippen molar-refractivity contribution in [2.75, 3.05) is 44.8 Å². The van der Waals surface area contributed by atoms with Crippen molar-refractivity contribution in [2.45, 2.75) is 17.7 Å². The highest BCUT2D eigenvalue weighted by atomic mass is 32.2. The van der Waals surface area contributed by atoms with E-state index in [1.165, 1.54) is 35.3 Å². The number of benzene rings is 1. The summed E-state index contributed by atoms with van der Waals surface area (Å²) in [6.07, 6.45) is 0.813. The predicted molar refractivity (Wildman–Crippen MR) is 100 cm³/mol. The minimum absolute atomic E-state index is 0.0443. The molecule has 1 aliphatic rings. The first-order chi connectivity index (χ1) is 12.8. The first kappa shape index (κ1) is 21.6. The van der Waals surface area contributed by atoms with E-state index in [2.05, 4.69) is 4.74 Å². The summed E-state index contributed by atoms with van der Waals surface area (Å²) in [6.45, 7) is 1.29. The maximum atomic E-state index is 13.0. The number of methoxy groups -OCH3 is 1. The fraction of sp³-hybridized carbons (Fsp3) is 0.529. The Morgan fingerprint density at radius 1 is 1.15 bits per heavy atom. The van der Waals surface area contributed by atoms with E-state index in [4.69, 9.17) is 0 Å². The second-order valence-corrected chi connectivity index (χ2v) is 9.01. The number of sulfonamides is 1. The van der Waals surface area contributed by atoms with E-state index in [-0.39, 0.29) is 35.5 Å². The molecule has 1 saturated heterocycles. The molecule has 0 aromatic heterocycles. The van der Waals surface area contributed by atoms with Gasteiger partial charge in [0.15, 0.2) is 0 Å². The summed E-state index contributed by atoms with van der Waals surface area (Å²) >= 11 is 1.33. The molecule has 0 N–H and O–H groups in total. The molecule has 0 radical (unpaired) electrons. The van der Waals surface area contributed by atoms with Crippen LogP contribution in [-0.2, 0) is 24.3 Å². The smallest absolute Gasteiger partial charge is 0.315 e. The summed E-state index contributed by atoms with van der Waals surface area (Å²) in [4.78, 5) is 25.1. The van der Waals surface area contributed by atoms with E-state index in [1.807, 2.05) is 0 Å². The molecule has 0 saturated carbocycles. The van der Waals surface area contributed by atoms with Crippen molar-refractivity contribution in [3.05, 3.63) is 30.1 Å². The zero-order chi connectivity index (χ0) is 19.9.